The van der Waals surface area contributed by atoms with Crippen LogP contribution in [-0.2, 0) is 19.2 Å². The number of carbonyl (C=O) groups is 5. The van der Waals surface area contributed by atoms with Gasteiger partial charge in [-0.25, -0.2) is 0 Å². The highest BCUT2D eigenvalue weighted by Crippen LogP contribution is 2.21. The van der Waals surface area contributed by atoms with Crippen LogP contribution in [0.25, 0.3) is 0 Å². The number of rotatable bonds is 10. The maximum Gasteiger partial charge on any atom is 0.321 e. The molecule has 0 bridgehead atoms. The molecule has 1 aliphatic rings. The predicted octanol–water partition coefficient (Wildman–Crippen LogP) is -3.04. The molecule has 0 aromatic carbocycles. The zero-order chi connectivity index (χ0) is 20.9. The molecule has 2 amide bonds. The van der Waals surface area contributed by atoms with Gasteiger partial charge in [-0.1, -0.05) is 6.92 Å². The van der Waals surface area contributed by atoms with Crippen LogP contribution in [0.15, 0.2) is 11.3 Å². The average Bonchev–Trinajstić information content (AvgIpc) is 2.86. The Morgan fingerprint density at radius 1 is 1.33 bits per heavy atom. The lowest BCUT2D eigenvalue weighted by Gasteiger charge is -2.29. The number of ketones is 1. The molecule has 0 aromatic rings. The maximum atomic E-state index is 12.5. The summed E-state index contributed by atoms with van der Waals surface area (Å²) in [5.74, 6) is -7.18. The lowest BCUT2D eigenvalue weighted by Crippen LogP contribution is -2.64. The summed E-state index contributed by atoms with van der Waals surface area (Å²) in [5.41, 5.74) is 7.58. The SMILES string of the molecule is CC[C@H](N)C(=O)NC(BC(=O)O)(CC(=O)C1=C(O)[C@H](CN)NC1=O)C(=O)O. The molecule has 0 saturated carbocycles. The number of aliphatic hydroxyl groups excluding tert-OH is 1. The quantitative estimate of drug-likeness (QED) is 0.149. The van der Waals surface area contributed by atoms with Crippen molar-refractivity contribution in [2.24, 2.45) is 11.5 Å². The number of nitrogens with one attached hydrogen (secondary N) is 2. The van der Waals surface area contributed by atoms with Gasteiger partial charge < -0.3 is 37.4 Å². The van der Waals surface area contributed by atoms with Crippen molar-refractivity contribution >= 4 is 36.7 Å². The van der Waals surface area contributed by atoms with Gasteiger partial charge in [-0.3, -0.25) is 24.0 Å². The standard InChI is InChI=1S/C14H21BN4O8/c1-2-5(17)10(22)19-14(12(24)25,15-13(26)27)3-7(20)8-9(21)6(4-16)18-11(8)23/h5-6,15,21H,2-4,16-17H2,1H3,(H,18,23)(H,19,22)(H,24,25)(H,26,27)/t5-,6-,14?/m0/s1. The summed E-state index contributed by atoms with van der Waals surface area (Å²) in [6, 6.07) is -2.14. The summed E-state index contributed by atoms with van der Waals surface area (Å²) in [6.45, 7) is 1.34. The molecule has 1 rings (SSSR count). The molecule has 12 nitrogen and oxygen atoms in total. The summed E-state index contributed by atoms with van der Waals surface area (Å²) in [5, 5.41) is 32.7. The van der Waals surface area contributed by atoms with Crippen LogP contribution in [-0.4, -0.2) is 76.1 Å². The van der Waals surface area contributed by atoms with Gasteiger partial charge in [0.25, 0.3) is 5.91 Å². The van der Waals surface area contributed by atoms with Gasteiger partial charge in [0.2, 0.25) is 11.8 Å². The summed E-state index contributed by atoms with van der Waals surface area (Å²) < 4.78 is 0. The average molecular weight is 384 g/mol. The Morgan fingerprint density at radius 2 is 1.93 bits per heavy atom. The van der Waals surface area contributed by atoms with Crippen molar-refractivity contribution in [2.75, 3.05) is 6.54 Å². The Morgan fingerprint density at radius 3 is 2.33 bits per heavy atom. The number of aliphatic hydroxyl groups is 1. The first-order valence-corrected chi connectivity index (χ1v) is 7.99. The first-order valence-electron chi connectivity index (χ1n) is 7.99. The zero-order valence-electron chi connectivity index (χ0n) is 14.5. The van der Waals surface area contributed by atoms with E-state index in [1.807, 2.05) is 5.32 Å². The minimum Gasteiger partial charge on any atom is -0.509 e. The molecule has 0 aliphatic carbocycles. The number of hydrogen-bond acceptors (Lipinski definition) is 8. The van der Waals surface area contributed by atoms with E-state index in [0.717, 1.165) is 0 Å². The predicted molar refractivity (Wildman–Crippen MR) is 92.2 cm³/mol. The van der Waals surface area contributed by atoms with E-state index >= 15 is 0 Å². The van der Waals surface area contributed by atoms with Crippen LogP contribution in [0.3, 0.4) is 0 Å². The van der Waals surface area contributed by atoms with Crippen molar-refractivity contribution in [2.45, 2.75) is 37.3 Å². The molecule has 1 heterocycles. The fourth-order valence-electron chi connectivity index (χ4n) is 2.52. The van der Waals surface area contributed by atoms with E-state index in [1.54, 1.807) is 6.92 Å². The Bertz CT molecular complexity index is 709. The van der Waals surface area contributed by atoms with Gasteiger partial charge in [-0.05, 0) is 6.42 Å². The first kappa shape index (κ1) is 22.1. The van der Waals surface area contributed by atoms with Crippen LogP contribution in [0, 0.1) is 0 Å². The van der Waals surface area contributed by atoms with Crippen molar-refractivity contribution in [1.82, 2.24) is 10.6 Å². The van der Waals surface area contributed by atoms with E-state index < -0.39 is 72.0 Å². The highest BCUT2D eigenvalue weighted by molar-refractivity contribution is 6.77. The minimum atomic E-state index is -2.55. The van der Waals surface area contributed by atoms with E-state index in [4.69, 9.17) is 16.6 Å². The molecule has 0 radical (unpaired) electrons. The minimum absolute atomic E-state index is 0.134. The number of carboxylic acid groups (broad SMARTS) is 2. The van der Waals surface area contributed by atoms with E-state index in [0.29, 0.717) is 0 Å². The molecule has 13 heteroatoms. The monoisotopic (exact) mass is 384 g/mol. The lowest BCUT2D eigenvalue weighted by atomic mass is 9.55. The summed E-state index contributed by atoms with van der Waals surface area (Å²) in [7, 11) is -1.15. The lowest BCUT2D eigenvalue weighted by molar-refractivity contribution is -0.145. The van der Waals surface area contributed by atoms with Gasteiger partial charge in [0.1, 0.15) is 16.8 Å². The molecule has 0 saturated heterocycles. The number of carboxylic acids is 1. The second-order valence-corrected chi connectivity index (χ2v) is 6.08. The molecular formula is C14H21BN4O8. The zero-order valence-corrected chi connectivity index (χ0v) is 14.5. The molecule has 148 valence electrons. The van der Waals surface area contributed by atoms with Gasteiger partial charge in [0, 0.05) is 13.0 Å². The van der Waals surface area contributed by atoms with Crippen LogP contribution in [0.4, 0.5) is 4.79 Å². The van der Waals surface area contributed by atoms with Gasteiger partial charge >= 0.3 is 13.2 Å². The normalized spacial score (nSPS) is 19.7. The molecule has 9 N–H and O–H groups in total. The molecule has 0 aromatic heterocycles. The van der Waals surface area contributed by atoms with Crippen LogP contribution in [0.1, 0.15) is 19.8 Å². The van der Waals surface area contributed by atoms with Gasteiger partial charge in [-0.15, -0.1) is 0 Å². The highest BCUT2D eigenvalue weighted by Gasteiger charge is 2.48. The second kappa shape index (κ2) is 8.64. The number of Topliss-reactive ketones (excluding diaryl/α,β-unsaturated/α-hetero) is 1. The fourth-order valence-corrected chi connectivity index (χ4v) is 2.52. The third kappa shape index (κ3) is 4.83. The molecule has 1 unspecified atom stereocenters. The number of aliphatic carboxylic acids is 1. The summed E-state index contributed by atoms with van der Waals surface area (Å²) in [6.07, 6.45) is -0.948. The molecule has 0 fully saturated rings. The molecule has 1 aliphatic heterocycles. The number of amides is 2. The Kier molecular flexibility index (Phi) is 7.08. The fraction of sp³-hybridized carbons (Fsp3) is 0.500. The number of hydrogen-bond donors (Lipinski definition) is 7. The topological polar surface area (TPSA) is 222 Å². The van der Waals surface area contributed by atoms with Crippen LogP contribution < -0.4 is 22.1 Å². The van der Waals surface area contributed by atoms with Gasteiger partial charge in [0.15, 0.2) is 5.78 Å². The third-order valence-corrected chi connectivity index (χ3v) is 4.10. The van der Waals surface area contributed by atoms with Crippen molar-refractivity contribution in [1.29, 1.82) is 0 Å². The first-order chi connectivity index (χ1) is 12.5. The number of carbonyl (C=O) groups excluding carboxylic acids is 3. The molecular weight excluding hydrogens is 363 g/mol. The van der Waals surface area contributed by atoms with Crippen molar-refractivity contribution in [3.8, 4) is 0 Å². The summed E-state index contributed by atoms with van der Waals surface area (Å²) in [4.78, 5) is 59.3. The van der Waals surface area contributed by atoms with E-state index in [-0.39, 0.29) is 13.0 Å². The number of nitrogens with two attached hydrogens (primary N) is 2. The van der Waals surface area contributed by atoms with Gasteiger partial charge in [0.05, 0.1) is 12.1 Å². The summed E-state index contributed by atoms with van der Waals surface area (Å²) >= 11 is 0. The molecule has 3 atom stereocenters. The van der Waals surface area contributed by atoms with E-state index in [9.17, 15) is 34.2 Å². The third-order valence-electron chi connectivity index (χ3n) is 4.10. The highest BCUT2D eigenvalue weighted by atomic mass is 16.4. The van der Waals surface area contributed by atoms with Crippen LogP contribution in [0.5, 0.6) is 0 Å². The molecule has 0 spiro atoms. The second-order valence-electron chi connectivity index (χ2n) is 6.08. The van der Waals surface area contributed by atoms with Crippen LogP contribution in [0.2, 0.25) is 0 Å². The Hall–Kier alpha value is -2.93. The smallest absolute Gasteiger partial charge is 0.321 e. The van der Waals surface area contributed by atoms with Gasteiger partial charge in [-0.2, -0.15) is 0 Å². The molecule has 27 heavy (non-hydrogen) atoms. The van der Waals surface area contributed by atoms with Crippen LogP contribution >= 0.6 is 0 Å². The van der Waals surface area contributed by atoms with E-state index in [1.165, 1.54) is 0 Å². The Labute approximate surface area is 154 Å². The maximum absolute atomic E-state index is 12.5. The Balaban J connectivity index is 3.27. The van der Waals surface area contributed by atoms with Crippen molar-refractivity contribution in [3.63, 3.8) is 0 Å². The van der Waals surface area contributed by atoms with Crippen molar-refractivity contribution in [3.05, 3.63) is 11.3 Å². The van der Waals surface area contributed by atoms with E-state index in [2.05, 4.69) is 5.32 Å². The van der Waals surface area contributed by atoms with Crippen molar-refractivity contribution < 1.29 is 39.3 Å². The largest absolute Gasteiger partial charge is 0.509 e.